The van der Waals surface area contributed by atoms with E-state index in [9.17, 15) is 9.59 Å². The van der Waals surface area contributed by atoms with Crippen LogP contribution in [0.1, 0.15) is 21.1 Å². The number of para-hydroxylation sites is 1. The standard InChI is InChI=1S/C23H17N7O2S/c24-19(31)17-11-15(12-25-17)18-13-33-23(26-18)28-22(32)20-27-21(14-7-3-1-4-8-14)30(29-20)16-9-5-2-6-10-16/h1-13,25H,(H2,24,31)(H,26,28,32). The lowest BCUT2D eigenvalue weighted by Crippen LogP contribution is -2.14. The maximum absolute atomic E-state index is 12.9. The van der Waals surface area contributed by atoms with Crippen LogP contribution in [-0.4, -0.2) is 36.5 Å². The molecule has 0 fully saturated rings. The van der Waals surface area contributed by atoms with E-state index in [-0.39, 0.29) is 11.5 Å². The third kappa shape index (κ3) is 4.14. The summed E-state index contributed by atoms with van der Waals surface area (Å²) in [5, 5.41) is 9.36. The van der Waals surface area contributed by atoms with E-state index in [1.54, 1.807) is 22.3 Å². The van der Waals surface area contributed by atoms with Crippen molar-refractivity contribution in [3.05, 3.63) is 89.8 Å². The number of nitrogens with one attached hydrogen (secondary N) is 2. The smallest absolute Gasteiger partial charge is 0.297 e. The Bertz CT molecular complexity index is 1380. The highest BCUT2D eigenvalue weighted by atomic mass is 32.1. The van der Waals surface area contributed by atoms with Gasteiger partial charge in [0.05, 0.1) is 11.4 Å². The fourth-order valence-corrected chi connectivity index (χ4v) is 3.95. The summed E-state index contributed by atoms with van der Waals surface area (Å²) in [4.78, 5) is 35.9. The number of hydrogen-bond acceptors (Lipinski definition) is 6. The summed E-state index contributed by atoms with van der Waals surface area (Å²) in [5.74, 6) is -0.459. The number of aromatic amines is 1. The van der Waals surface area contributed by atoms with Gasteiger partial charge in [-0.05, 0) is 18.2 Å². The fraction of sp³-hybridized carbons (Fsp3) is 0. The van der Waals surface area contributed by atoms with Crippen molar-refractivity contribution in [2.24, 2.45) is 5.73 Å². The lowest BCUT2D eigenvalue weighted by atomic mass is 10.2. The van der Waals surface area contributed by atoms with Crippen LogP contribution in [0.4, 0.5) is 5.13 Å². The zero-order valence-electron chi connectivity index (χ0n) is 17.1. The number of H-pyrrole nitrogens is 1. The van der Waals surface area contributed by atoms with Crippen molar-refractivity contribution in [2.75, 3.05) is 5.32 Å². The van der Waals surface area contributed by atoms with Gasteiger partial charge in [0.25, 0.3) is 11.8 Å². The summed E-state index contributed by atoms with van der Waals surface area (Å²) in [5.41, 5.74) is 8.48. The van der Waals surface area contributed by atoms with Gasteiger partial charge in [0, 0.05) is 22.7 Å². The number of carbonyl (C=O) groups is 2. The molecule has 0 saturated heterocycles. The Morgan fingerprint density at radius 1 is 0.970 bits per heavy atom. The Morgan fingerprint density at radius 3 is 2.39 bits per heavy atom. The van der Waals surface area contributed by atoms with Crippen LogP contribution in [0.15, 0.2) is 78.3 Å². The first-order valence-electron chi connectivity index (χ1n) is 9.92. The SMILES string of the molecule is NC(=O)c1cc(-c2csc(NC(=O)c3nc(-c4ccccc4)n(-c4ccccc4)n3)n2)c[nH]1. The van der Waals surface area contributed by atoms with Crippen LogP contribution in [0.3, 0.4) is 0 Å². The van der Waals surface area contributed by atoms with Crippen molar-refractivity contribution >= 4 is 28.3 Å². The third-order valence-corrected chi connectivity index (χ3v) is 5.57. The van der Waals surface area contributed by atoms with Crippen LogP contribution < -0.4 is 11.1 Å². The summed E-state index contributed by atoms with van der Waals surface area (Å²) in [6.07, 6.45) is 1.63. The monoisotopic (exact) mass is 455 g/mol. The predicted molar refractivity (Wildman–Crippen MR) is 125 cm³/mol. The van der Waals surface area contributed by atoms with Gasteiger partial charge in [0.2, 0.25) is 5.82 Å². The zero-order chi connectivity index (χ0) is 22.8. The number of primary amides is 1. The van der Waals surface area contributed by atoms with Crippen molar-refractivity contribution in [1.82, 2.24) is 24.7 Å². The first-order valence-corrected chi connectivity index (χ1v) is 10.8. The van der Waals surface area contributed by atoms with Crippen molar-refractivity contribution in [3.63, 3.8) is 0 Å². The average Bonchev–Trinajstić information content (AvgIpc) is 3.59. The normalized spacial score (nSPS) is 10.8. The van der Waals surface area contributed by atoms with Gasteiger partial charge in [-0.3, -0.25) is 14.9 Å². The number of nitrogens with zero attached hydrogens (tertiary/aromatic N) is 4. The molecule has 0 atom stereocenters. The molecule has 0 aliphatic heterocycles. The van der Waals surface area contributed by atoms with E-state index in [2.05, 4.69) is 25.4 Å². The van der Waals surface area contributed by atoms with E-state index in [1.165, 1.54) is 11.3 Å². The van der Waals surface area contributed by atoms with E-state index in [4.69, 9.17) is 5.73 Å². The van der Waals surface area contributed by atoms with Gasteiger partial charge in [-0.1, -0.05) is 48.5 Å². The highest BCUT2D eigenvalue weighted by Crippen LogP contribution is 2.26. The lowest BCUT2D eigenvalue weighted by Gasteiger charge is -2.05. The molecule has 4 N–H and O–H groups in total. The van der Waals surface area contributed by atoms with Gasteiger partial charge in [-0.25, -0.2) is 14.6 Å². The molecule has 0 unspecified atom stereocenters. The van der Waals surface area contributed by atoms with Crippen molar-refractivity contribution < 1.29 is 9.59 Å². The Morgan fingerprint density at radius 2 is 1.70 bits per heavy atom. The van der Waals surface area contributed by atoms with Gasteiger partial charge in [0.15, 0.2) is 11.0 Å². The minimum absolute atomic E-state index is 0.0205. The summed E-state index contributed by atoms with van der Waals surface area (Å²) in [6.45, 7) is 0. The molecule has 0 spiro atoms. The summed E-state index contributed by atoms with van der Waals surface area (Å²) in [6, 6.07) is 20.6. The second-order valence-electron chi connectivity index (χ2n) is 7.03. The quantitative estimate of drug-likeness (QED) is 0.359. The highest BCUT2D eigenvalue weighted by molar-refractivity contribution is 7.14. The molecule has 3 aromatic heterocycles. The Balaban J connectivity index is 1.43. The Labute approximate surface area is 191 Å². The number of anilines is 1. The number of nitrogens with two attached hydrogens (primary N) is 1. The fourth-order valence-electron chi connectivity index (χ4n) is 3.23. The maximum atomic E-state index is 12.9. The number of aromatic nitrogens is 5. The molecule has 10 heteroatoms. The predicted octanol–water partition coefficient (Wildman–Crippen LogP) is 3.74. The largest absolute Gasteiger partial charge is 0.364 e. The minimum atomic E-state index is -0.556. The molecule has 9 nitrogen and oxygen atoms in total. The Kier molecular flexibility index (Phi) is 5.25. The molecular formula is C23H17N7O2S. The number of benzene rings is 2. The van der Waals surface area contributed by atoms with Crippen LogP contribution in [0, 0.1) is 0 Å². The van der Waals surface area contributed by atoms with E-state index >= 15 is 0 Å². The molecule has 0 saturated carbocycles. The van der Waals surface area contributed by atoms with Crippen LogP contribution in [-0.2, 0) is 0 Å². The number of hydrogen-bond donors (Lipinski definition) is 3. The number of thiazole rings is 1. The van der Waals surface area contributed by atoms with Crippen LogP contribution in [0.25, 0.3) is 28.3 Å². The molecular weight excluding hydrogens is 438 g/mol. The average molecular weight is 456 g/mol. The minimum Gasteiger partial charge on any atom is -0.364 e. The molecule has 0 radical (unpaired) electrons. The Hall–Kier alpha value is -4.57. The third-order valence-electron chi connectivity index (χ3n) is 4.81. The van der Waals surface area contributed by atoms with E-state index < -0.39 is 11.8 Å². The molecule has 2 amide bonds. The highest BCUT2D eigenvalue weighted by Gasteiger charge is 2.20. The number of rotatable bonds is 6. The van der Waals surface area contributed by atoms with Gasteiger partial charge in [-0.15, -0.1) is 16.4 Å². The van der Waals surface area contributed by atoms with Gasteiger partial charge < -0.3 is 10.7 Å². The molecule has 162 valence electrons. The topological polar surface area (TPSA) is 132 Å². The molecule has 5 aromatic rings. The molecule has 5 rings (SSSR count). The second-order valence-corrected chi connectivity index (χ2v) is 7.89. The van der Waals surface area contributed by atoms with E-state index in [0.29, 0.717) is 22.2 Å². The van der Waals surface area contributed by atoms with Gasteiger partial charge >= 0.3 is 0 Å². The molecule has 0 bridgehead atoms. The van der Waals surface area contributed by atoms with E-state index in [0.717, 1.165) is 11.3 Å². The summed E-state index contributed by atoms with van der Waals surface area (Å²) < 4.78 is 1.64. The van der Waals surface area contributed by atoms with Crippen molar-refractivity contribution in [1.29, 1.82) is 0 Å². The number of amides is 2. The van der Waals surface area contributed by atoms with Gasteiger partial charge in [-0.2, -0.15) is 0 Å². The van der Waals surface area contributed by atoms with Crippen LogP contribution >= 0.6 is 11.3 Å². The zero-order valence-corrected chi connectivity index (χ0v) is 17.9. The first-order chi connectivity index (χ1) is 16.1. The molecule has 0 aliphatic rings. The summed E-state index contributed by atoms with van der Waals surface area (Å²) in [7, 11) is 0. The maximum Gasteiger partial charge on any atom is 0.297 e. The molecule has 33 heavy (non-hydrogen) atoms. The second kappa shape index (κ2) is 8.52. The lowest BCUT2D eigenvalue weighted by molar-refractivity contribution is 0.0993. The summed E-state index contributed by atoms with van der Waals surface area (Å²) >= 11 is 1.25. The van der Waals surface area contributed by atoms with Crippen LogP contribution in [0.5, 0.6) is 0 Å². The van der Waals surface area contributed by atoms with Crippen LogP contribution in [0.2, 0.25) is 0 Å². The first kappa shape index (κ1) is 20.3. The molecule has 2 aromatic carbocycles. The van der Waals surface area contributed by atoms with E-state index in [1.807, 2.05) is 60.7 Å². The molecule has 3 heterocycles. The van der Waals surface area contributed by atoms with Crippen molar-refractivity contribution in [3.8, 4) is 28.3 Å². The van der Waals surface area contributed by atoms with Gasteiger partial charge in [0.1, 0.15) is 5.69 Å². The van der Waals surface area contributed by atoms with Crippen molar-refractivity contribution in [2.45, 2.75) is 0 Å². The number of carbonyl (C=O) groups excluding carboxylic acids is 2. The molecule has 0 aliphatic carbocycles.